The van der Waals surface area contributed by atoms with E-state index in [1.807, 2.05) is 30.3 Å². The number of halogens is 1. The second kappa shape index (κ2) is 7.72. The summed E-state index contributed by atoms with van der Waals surface area (Å²) in [7, 11) is 1.66. The molecule has 1 aromatic carbocycles. The van der Waals surface area contributed by atoms with Crippen molar-refractivity contribution in [2.75, 3.05) is 25.6 Å². The van der Waals surface area contributed by atoms with Crippen LogP contribution >= 0.6 is 11.6 Å². The van der Waals surface area contributed by atoms with E-state index >= 15 is 0 Å². The molecule has 0 aliphatic heterocycles. The monoisotopic (exact) mass is 292 g/mol. The highest BCUT2D eigenvalue weighted by Crippen LogP contribution is 2.12. The highest BCUT2D eigenvalue weighted by molar-refractivity contribution is 6.29. The molecular weight excluding hydrogens is 276 g/mol. The molecule has 0 aliphatic carbocycles. The first-order valence-electron chi connectivity index (χ1n) is 6.34. The fourth-order valence-corrected chi connectivity index (χ4v) is 1.87. The molecule has 1 heterocycles. The summed E-state index contributed by atoms with van der Waals surface area (Å²) in [6.45, 7) is 1.92. The molecule has 0 spiro atoms. The maximum absolute atomic E-state index is 5.80. The number of hydrogen-bond acceptors (Lipinski definition) is 4. The SMILES string of the molecule is COc1ccc(COCCNc2ccnc(Cl)c2)cc1. The van der Waals surface area contributed by atoms with Crippen molar-refractivity contribution in [3.63, 3.8) is 0 Å². The van der Waals surface area contributed by atoms with E-state index in [2.05, 4.69) is 10.3 Å². The van der Waals surface area contributed by atoms with Crippen LogP contribution in [0.5, 0.6) is 5.75 Å². The Bertz CT molecular complexity index is 532. The zero-order chi connectivity index (χ0) is 14.2. The van der Waals surface area contributed by atoms with Gasteiger partial charge in [0.05, 0.1) is 20.3 Å². The summed E-state index contributed by atoms with van der Waals surface area (Å²) in [6, 6.07) is 11.5. The highest BCUT2D eigenvalue weighted by Gasteiger charge is 1.96. The Labute approximate surface area is 123 Å². The Morgan fingerprint density at radius 2 is 2.00 bits per heavy atom. The number of pyridine rings is 1. The standard InChI is InChI=1S/C15H17ClN2O2/c1-19-14-4-2-12(3-5-14)11-20-9-8-17-13-6-7-18-15(16)10-13/h2-7,10H,8-9,11H2,1H3,(H,17,18). The molecule has 1 N–H and O–H groups in total. The number of ether oxygens (including phenoxy) is 2. The lowest BCUT2D eigenvalue weighted by Gasteiger charge is -2.08. The quantitative estimate of drug-likeness (QED) is 0.628. The Balaban J connectivity index is 1.66. The van der Waals surface area contributed by atoms with E-state index in [-0.39, 0.29) is 0 Å². The molecule has 0 amide bonds. The molecule has 0 saturated heterocycles. The third-order valence-corrected chi connectivity index (χ3v) is 2.94. The molecule has 0 radical (unpaired) electrons. The maximum Gasteiger partial charge on any atom is 0.131 e. The van der Waals surface area contributed by atoms with E-state index in [1.54, 1.807) is 19.4 Å². The second-order valence-electron chi connectivity index (χ2n) is 4.19. The molecule has 0 fully saturated rings. The van der Waals surface area contributed by atoms with Crippen molar-refractivity contribution < 1.29 is 9.47 Å². The first kappa shape index (κ1) is 14.6. The van der Waals surface area contributed by atoms with Crippen LogP contribution in [0.4, 0.5) is 5.69 Å². The number of rotatable bonds is 7. The second-order valence-corrected chi connectivity index (χ2v) is 4.58. The number of methoxy groups -OCH3 is 1. The third kappa shape index (κ3) is 4.72. The summed E-state index contributed by atoms with van der Waals surface area (Å²) in [5, 5.41) is 3.70. The summed E-state index contributed by atoms with van der Waals surface area (Å²) < 4.78 is 10.7. The smallest absolute Gasteiger partial charge is 0.131 e. The topological polar surface area (TPSA) is 43.4 Å². The van der Waals surface area contributed by atoms with Crippen LogP contribution in [0.15, 0.2) is 42.6 Å². The van der Waals surface area contributed by atoms with Gasteiger partial charge in [-0.15, -0.1) is 0 Å². The molecule has 0 atom stereocenters. The summed E-state index contributed by atoms with van der Waals surface area (Å²) in [5.74, 6) is 0.852. The molecule has 106 valence electrons. The number of nitrogens with zero attached hydrogens (tertiary/aromatic N) is 1. The largest absolute Gasteiger partial charge is 0.497 e. The molecule has 4 nitrogen and oxygen atoms in total. The van der Waals surface area contributed by atoms with Crippen LogP contribution < -0.4 is 10.1 Å². The van der Waals surface area contributed by atoms with Crippen LogP contribution in [0.1, 0.15) is 5.56 Å². The Morgan fingerprint density at radius 1 is 1.20 bits per heavy atom. The summed E-state index contributed by atoms with van der Waals surface area (Å²) in [4.78, 5) is 3.92. The van der Waals surface area contributed by atoms with E-state index in [0.29, 0.717) is 18.4 Å². The van der Waals surface area contributed by atoms with Crippen LogP contribution in [0.2, 0.25) is 5.15 Å². The third-order valence-electron chi connectivity index (χ3n) is 2.73. The fraction of sp³-hybridized carbons (Fsp3) is 0.267. The van der Waals surface area contributed by atoms with Gasteiger partial charge in [0.15, 0.2) is 0 Å². The molecule has 0 unspecified atom stereocenters. The summed E-state index contributed by atoms with van der Waals surface area (Å²) in [6.07, 6.45) is 1.67. The number of anilines is 1. The van der Waals surface area contributed by atoms with Gasteiger partial charge >= 0.3 is 0 Å². The van der Waals surface area contributed by atoms with Gasteiger partial charge in [-0.05, 0) is 29.8 Å². The minimum atomic E-state index is 0.481. The van der Waals surface area contributed by atoms with Crippen molar-refractivity contribution in [1.82, 2.24) is 4.98 Å². The lowest BCUT2D eigenvalue weighted by molar-refractivity contribution is 0.130. The maximum atomic E-state index is 5.80. The zero-order valence-corrected chi connectivity index (χ0v) is 12.1. The van der Waals surface area contributed by atoms with Crippen LogP contribution in [0.3, 0.4) is 0 Å². The highest BCUT2D eigenvalue weighted by atomic mass is 35.5. The zero-order valence-electron chi connectivity index (χ0n) is 11.3. The van der Waals surface area contributed by atoms with Gasteiger partial charge in [0.1, 0.15) is 10.9 Å². The van der Waals surface area contributed by atoms with Gasteiger partial charge in [0.2, 0.25) is 0 Å². The normalized spacial score (nSPS) is 10.3. The molecule has 0 saturated carbocycles. The van der Waals surface area contributed by atoms with Gasteiger partial charge in [-0.3, -0.25) is 0 Å². The molecule has 2 rings (SSSR count). The van der Waals surface area contributed by atoms with Crippen molar-refractivity contribution in [2.45, 2.75) is 6.61 Å². The van der Waals surface area contributed by atoms with Crippen molar-refractivity contribution >= 4 is 17.3 Å². The van der Waals surface area contributed by atoms with E-state index in [4.69, 9.17) is 21.1 Å². The van der Waals surface area contributed by atoms with E-state index in [9.17, 15) is 0 Å². The van der Waals surface area contributed by atoms with Crippen LogP contribution in [0, 0.1) is 0 Å². The minimum Gasteiger partial charge on any atom is -0.497 e. The van der Waals surface area contributed by atoms with Gasteiger partial charge < -0.3 is 14.8 Å². The van der Waals surface area contributed by atoms with Crippen molar-refractivity contribution in [2.24, 2.45) is 0 Å². The Morgan fingerprint density at radius 3 is 2.70 bits per heavy atom. The average molecular weight is 293 g/mol. The first-order chi connectivity index (χ1) is 9.78. The lowest BCUT2D eigenvalue weighted by atomic mass is 10.2. The molecule has 5 heteroatoms. The predicted octanol–water partition coefficient (Wildman–Crippen LogP) is 3.37. The predicted molar refractivity (Wildman–Crippen MR) is 80.4 cm³/mol. The van der Waals surface area contributed by atoms with E-state index in [0.717, 1.165) is 23.5 Å². The molecule has 0 aliphatic rings. The molecule has 20 heavy (non-hydrogen) atoms. The van der Waals surface area contributed by atoms with Crippen molar-refractivity contribution in [3.05, 3.63) is 53.3 Å². The van der Waals surface area contributed by atoms with Crippen molar-refractivity contribution in [3.8, 4) is 5.75 Å². The van der Waals surface area contributed by atoms with E-state index < -0.39 is 0 Å². The molecule has 0 bridgehead atoms. The number of nitrogens with one attached hydrogen (secondary N) is 1. The average Bonchev–Trinajstić information content (AvgIpc) is 2.48. The molecular formula is C15H17ClN2O2. The molecule has 2 aromatic rings. The van der Waals surface area contributed by atoms with Crippen LogP contribution in [-0.4, -0.2) is 25.2 Å². The minimum absolute atomic E-state index is 0.481. The van der Waals surface area contributed by atoms with Gasteiger partial charge in [-0.2, -0.15) is 0 Å². The Hall–Kier alpha value is -1.78. The summed E-state index contributed by atoms with van der Waals surface area (Å²) >= 11 is 5.80. The van der Waals surface area contributed by atoms with Crippen molar-refractivity contribution in [1.29, 1.82) is 0 Å². The van der Waals surface area contributed by atoms with Crippen LogP contribution in [-0.2, 0) is 11.3 Å². The van der Waals surface area contributed by atoms with Gasteiger partial charge in [0, 0.05) is 18.4 Å². The Kier molecular flexibility index (Phi) is 5.65. The van der Waals surface area contributed by atoms with Gasteiger partial charge in [0.25, 0.3) is 0 Å². The number of hydrogen-bond donors (Lipinski definition) is 1. The lowest BCUT2D eigenvalue weighted by Crippen LogP contribution is -2.09. The number of benzene rings is 1. The van der Waals surface area contributed by atoms with Gasteiger partial charge in [-0.25, -0.2) is 4.98 Å². The molecule has 1 aromatic heterocycles. The fourth-order valence-electron chi connectivity index (χ4n) is 1.69. The van der Waals surface area contributed by atoms with E-state index in [1.165, 1.54) is 0 Å². The number of aromatic nitrogens is 1. The summed E-state index contributed by atoms with van der Waals surface area (Å²) in [5.41, 5.74) is 2.07. The first-order valence-corrected chi connectivity index (χ1v) is 6.72. The van der Waals surface area contributed by atoms with Gasteiger partial charge in [-0.1, -0.05) is 23.7 Å². The van der Waals surface area contributed by atoms with Crippen LogP contribution in [0.25, 0.3) is 0 Å².